The van der Waals surface area contributed by atoms with Gasteiger partial charge in [0.15, 0.2) is 0 Å². The number of pyridine rings is 1. The molecule has 0 aliphatic heterocycles. The highest BCUT2D eigenvalue weighted by Crippen LogP contribution is 1.91. The monoisotopic (exact) mass is 194 g/mol. The van der Waals surface area contributed by atoms with Crippen LogP contribution in [-0.2, 0) is 0 Å². The summed E-state index contributed by atoms with van der Waals surface area (Å²) in [6.07, 6.45) is 2.85. The topological polar surface area (TPSA) is 42.0 Å². The number of hydrogen-bond acceptors (Lipinski definition) is 2. The van der Waals surface area contributed by atoms with E-state index < -0.39 is 0 Å². The third-order valence-electron chi connectivity index (χ3n) is 1.23. The lowest BCUT2D eigenvalue weighted by Crippen LogP contribution is -2.23. The van der Waals surface area contributed by atoms with E-state index in [1.54, 1.807) is 24.4 Å². The Morgan fingerprint density at radius 1 is 1.36 bits per heavy atom. The summed E-state index contributed by atoms with van der Waals surface area (Å²) >= 11 is 0. The van der Waals surface area contributed by atoms with E-state index in [2.05, 4.69) is 24.1 Å². The van der Waals surface area contributed by atoms with Crippen LogP contribution in [0, 0.1) is 0 Å². The van der Waals surface area contributed by atoms with Gasteiger partial charge in [0.05, 0.1) is 0 Å². The largest absolute Gasteiger partial charge is 0.351 e. The summed E-state index contributed by atoms with van der Waals surface area (Å²) < 4.78 is 0. The molecule has 0 radical (unpaired) electrons. The van der Waals surface area contributed by atoms with Crippen LogP contribution >= 0.6 is 0 Å². The minimum absolute atomic E-state index is 0.117. The fourth-order valence-corrected chi connectivity index (χ4v) is 0.748. The van der Waals surface area contributed by atoms with Gasteiger partial charge in [-0.3, -0.25) is 9.78 Å². The molecule has 1 aromatic rings. The molecule has 1 heterocycles. The molecule has 1 N–H and O–H groups in total. The van der Waals surface area contributed by atoms with Gasteiger partial charge in [-0.2, -0.15) is 0 Å². The van der Waals surface area contributed by atoms with Crippen molar-refractivity contribution >= 4 is 5.91 Å². The van der Waals surface area contributed by atoms with E-state index in [0.717, 1.165) is 0 Å². The molecule has 3 nitrogen and oxygen atoms in total. The highest BCUT2D eigenvalue weighted by Gasteiger charge is 2.01. The molecule has 0 aliphatic rings. The molecule has 0 saturated carbocycles. The minimum atomic E-state index is -0.117. The van der Waals surface area contributed by atoms with Gasteiger partial charge in [-0.05, 0) is 19.1 Å². The number of nitrogens with zero attached hydrogens (tertiary/aromatic N) is 1. The van der Waals surface area contributed by atoms with E-state index in [0.29, 0.717) is 12.2 Å². The average molecular weight is 194 g/mol. The Morgan fingerprint density at radius 3 is 2.43 bits per heavy atom. The maximum atomic E-state index is 11.1. The highest BCUT2D eigenvalue weighted by atomic mass is 16.1. The van der Waals surface area contributed by atoms with Crippen LogP contribution in [-0.4, -0.2) is 17.4 Å². The van der Waals surface area contributed by atoms with Gasteiger partial charge >= 0.3 is 0 Å². The zero-order valence-electron chi connectivity index (χ0n) is 9.08. The Balaban J connectivity index is 0.000000500. The average Bonchev–Trinajstić information content (AvgIpc) is 2.21. The first kappa shape index (κ1) is 12.6. The Kier molecular flexibility index (Phi) is 7.42. The van der Waals surface area contributed by atoms with E-state index in [1.807, 2.05) is 6.92 Å². The van der Waals surface area contributed by atoms with E-state index in [9.17, 15) is 4.79 Å². The van der Waals surface area contributed by atoms with E-state index >= 15 is 0 Å². The molecular weight excluding hydrogens is 176 g/mol. The van der Waals surface area contributed by atoms with Crippen molar-refractivity contribution in [3.8, 4) is 0 Å². The summed E-state index contributed by atoms with van der Waals surface area (Å²) in [6, 6.07) is 5.26. The standard InChI is InChI=1S/C8H10N2O.C3H8/c1-2-9-8(11)7-5-3-4-6-10-7;1-3-2/h3-6H,2H2,1H3,(H,9,11);3H2,1-2H3. The predicted octanol–water partition coefficient (Wildman–Crippen LogP) is 2.25. The lowest BCUT2D eigenvalue weighted by Gasteiger charge is -1.98. The molecule has 1 rings (SSSR count). The van der Waals surface area contributed by atoms with E-state index in [1.165, 1.54) is 6.42 Å². The second kappa shape index (κ2) is 8.23. The molecule has 78 valence electrons. The zero-order chi connectivity index (χ0) is 10.8. The molecule has 0 aromatic carbocycles. The van der Waals surface area contributed by atoms with Gasteiger partial charge in [-0.15, -0.1) is 0 Å². The van der Waals surface area contributed by atoms with Crippen LogP contribution in [0.3, 0.4) is 0 Å². The highest BCUT2D eigenvalue weighted by molar-refractivity contribution is 5.92. The molecule has 0 fully saturated rings. The number of amides is 1. The molecule has 1 aromatic heterocycles. The van der Waals surface area contributed by atoms with Crippen LogP contribution in [0.15, 0.2) is 24.4 Å². The minimum Gasteiger partial charge on any atom is -0.351 e. The summed E-state index contributed by atoms with van der Waals surface area (Å²) in [6.45, 7) is 6.76. The fraction of sp³-hybridized carbons (Fsp3) is 0.455. The van der Waals surface area contributed by atoms with Gasteiger partial charge in [-0.25, -0.2) is 0 Å². The predicted molar refractivity (Wildman–Crippen MR) is 58.2 cm³/mol. The van der Waals surface area contributed by atoms with E-state index in [4.69, 9.17) is 0 Å². The van der Waals surface area contributed by atoms with Crippen LogP contribution < -0.4 is 5.32 Å². The fourth-order valence-electron chi connectivity index (χ4n) is 0.748. The number of carbonyl (C=O) groups is 1. The van der Waals surface area contributed by atoms with Crippen molar-refractivity contribution in [1.82, 2.24) is 10.3 Å². The first-order valence-electron chi connectivity index (χ1n) is 4.95. The Bertz CT molecular complexity index is 247. The van der Waals surface area contributed by atoms with Gasteiger partial charge in [0, 0.05) is 12.7 Å². The van der Waals surface area contributed by atoms with Gasteiger partial charge in [0.1, 0.15) is 5.69 Å². The molecule has 0 unspecified atom stereocenters. The summed E-state index contributed by atoms with van der Waals surface area (Å²) in [5.41, 5.74) is 0.467. The zero-order valence-corrected chi connectivity index (χ0v) is 9.08. The van der Waals surface area contributed by atoms with Crippen molar-refractivity contribution in [1.29, 1.82) is 0 Å². The third-order valence-corrected chi connectivity index (χ3v) is 1.23. The Hall–Kier alpha value is -1.38. The second-order valence-corrected chi connectivity index (χ2v) is 2.78. The molecule has 3 heteroatoms. The number of carbonyl (C=O) groups excluding carboxylic acids is 1. The van der Waals surface area contributed by atoms with Crippen LogP contribution in [0.25, 0.3) is 0 Å². The van der Waals surface area contributed by atoms with Crippen LogP contribution in [0.5, 0.6) is 0 Å². The van der Waals surface area contributed by atoms with Crippen LogP contribution in [0.4, 0.5) is 0 Å². The summed E-state index contributed by atoms with van der Waals surface area (Å²) in [5, 5.41) is 2.66. The number of hydrogen-bond donors (Lipinski definition) is 1. The molecule has 0 atom stereocenters. The number of aromatic nitrogens is 1. The number of rotatable bonds is 2. The molecule has 0 bridgehead atoms. The van der Waals surface area contributed by atoms with Crippen molar-refractivity contribution in [3.05, 3.63) is 30.1 Å². The van der Waals surface area contributed by atoms with Crippen molar-refractivity contribution < 1.29 is 4.79 Å². The van der Waals surface area contributed by atoms with Gasteiger partial charge in [0.25, 0.3) is 5.91 Å². The summed E-state index contributed by atoms with van der Waals surface area (Å²) in [7, 11) is 0. The molecule has 0 saturated heterocycles. The lowest BCUT2D eigenvalue weighted by atomic mass is 10.3. The molecule has 14 heavy (non-hydrogen) atoms. The quantitative estimate of drug-likeness (QED) is 0.784. The van der Waals surface area contributed by atoms with Crippen LogP contribution in [0.1, 0.15) is 37.7 Å². The summed E-state index contributed by atoms with van der Waals surface area (Å²) in [5.74, 6) is -0.117. The summed E-state index contributed by atoms with van der Waals surface area (Å²) in [4.78, 5) is 15.0. The molecule has 0 spiro atoms. The van der Waals surface area contributed by atoms with Crippen molar-refractivity contribution in [2.75, 3.05) is 6.54 Å². The maximum Gasteiger partial charge on any atom is 0.269 e. The third kappa shape index (κ3) is 5.30. The van der Waals surface area contributed by atoms with Crippen molar-refractivity contribution in [2.45, 2.75) is 27.2 Å². The molecule has 1 amide bonds. The number of nitrogens with one attached hydrogen (secondary N) is 1. The van der Waals surface area contributed by atoms with Crippen LogP contribution in [0.2, 0.25) is 0 Å². The molecular formula is C11H18N2O. The Morgan fingerprint density at radius 2 is 2.00 bits per heavy atom. The lowest BCUT2D eigenvalue weighted by molar-refractivity contribution is 0.0951. The maximum absolute atomic E-state index is 11.1. The van der Waals surface area contributed by atoms with Crippen molar-refractivity contribution in [2.24, 2.45) is 0 Å². The Labute approximate surface area is 85.6 Å². The van der Waals surface area contributed by atoms with Gasteiger partial charge < -0.3 is 5.32 Å². The smallest absolute Gasteiger partial charge is 0.269 e. The SMILES string of the molecule is CCC.CCNC(=O)c1ccccn1. The second-order valence-electron chi connectivity index (χ2n) is 2.78. The molecule has 0 aliphatic carbocycles. The first-order valence-corrected chi connectivity index (χ1v) is 4.95. The van der Waals surface area contributed by atoms with Crippen molar-refractivity contribution in [3.63, 3.8) is 0 Å². The van der Waals surface area contributed by atoms with E-state index in [-0.39, 0.29) is 5.91 Å². The van der Waals surface area contributed by atoms with Gasteiger partial charge in [-0.1, -0.05) is 26.3 Å². The first-order chi connectivity index (χ1) is 6.76. The normalized spacial score (nSPS) is 8.50. The van der Waals surface area contributed by atoms with Gasteiger partial charge in [0.2, 0.25) is 0 Å².